The molecule has 7 nitrogen and oxygen atoms in total. The summed E-state index contributed by atoms with van der Waals surface area (Å²) in [5.74, 6) is 0.269. The summed E-state index contributed by atoms with van der Waals surface area (Å²) in [6, 6.07) is 4.79. The van der Waals surface area contributed by atoms with Crippen molar-refractivity contribution in [2.45, 2.75) is 30.6 Å². The minimum Gasteiger partial charge on any atom is -0.495 e. The molecule has 0 spiro atoms. The summed E-state index contributed by atoms with van der Waals surface area (Å²) in [5.41, 5.74) is 0.582. The Morgan fingerprint density at radius 1 is 1.25 bits per heavy atom. The van der Waals surface area contributed by atoms with Crippen LogP contribution in [0.5, 0.6) is 5.75 Å². The number of hydrogen-bond acceptors (Lipinski definition) is 5. The van der Waals surface area contributed by atoms with Gasteiger partial charge in [0.15, 0.2) is 0 Å². The molecule has 0 unspecified atom stereocenters. The Morgan fingerprint density at radius 3 is 2.67 bits per heavy atom. The van der Waals surface area contributed by atoms with Crippen LogP contribution in [-0.2, 0) is 19.6 Å². The molecule has 1 N–H and O–H groups in total. The van der Waals surface area contributed by atoms with Gasteiger partial charge in [-0.1, -0.05) is 0 Å². The van der Waals surface area contributed by atoms with Gasteiger partial charge in [0.25, 0.3) is 0 Å². The SMILES string of the molecule is COCCCCNS(=O)(=O)c1cc(N2CCCC2=O)ccc1OC. The molecule has 1 amide bonds. The Kier molecular flexibility index (Phi) is 6.59. The van der Waals surface area contributed by atoms with Crippen LogP contribution in [0.3, 0.4) is 0 Å². The van der Waals surface area contributed by atoms with Gasteiger partial charge in [-0.25, -0.2) is 13.1 Å². The molecule has 0 atom stereocenters. The van der Waals surface area contributed by atoms with Crippen LogP contribution in [0.25, 0.3) is 0 Å². The van der Waals surface area contributed by atoms with Gasteiger partial charge in [-0.2, -0.15) is 0 Å². The molecule has 1 saturated heterocycles. The fourth-order valence-electron chi connectivity index (χ4n) is 2.62. The van der Waals surface area contributed by atoms with E-state index in [1.54, 1.807) is 24.1 Å². The molecule has 2 rings (SSSR count). The van der Waals surface area contributed by atoms with E-state index in [1.807, 2.05) is 0 Å². The highest BCUT2D eigenvalue weighted by atomic mass is 32.2. The number of nitrogens with one attached hydrogen (secondary N) is 1. The molecular formula is C16H24N2O5S. The van der Waals surface area contributed by atoms with Crippen LogP contribution in [0, 0.1) is 0 Å². The highest BCUT2D eigenvalue weighted by Crippen LogP contribution is 2.30. The molecule has 0 aliphatic carbocycles. The Labute approximate surface area is 143 Å². The van der Waals surface area contributed by atoms with Crippen molar-refractivity contribution < 1.29 is 22.7 Å². The zero-order chi connectivity index (χ0) is 17.6. The molecule has 0 saturated carbocycles. The molecule has 0 bridgehead atoms. The first-order valence-corrected chi connectivity index (χ1v) is 9.45. The van der Waals surface area contributed by atoms with E-state index in [2.05, 4.69) is 4.72 Å². The topological polar surface area (TPSA) is 84.9 Å². The maximum atomic E-state index is 12.6. The van der Waals surface area contributed by atoms with Gasteiger partial charge in [-0.05, 0) is 37.5 Å². The van der Waals surface area contributed by atoms with Gasteiger partial charge < -0.3 is 14.4 Å². The number of carbonyl (C=O) groups is 1. The van der Waals surface area contributed by atoms with Gasteiger partial charge in [0, 0.05) is 38.9 Å². The molecule has 0 aromatic heterocycles. The summed E-state index contributed by atoms with van der Waals surface area (Å²) < 4.78 is 37.8. The van der Waals surface area contributed by atoms with Crippen molar-refractivity contribution in [1.82, 2.24) is 4.72 Å². The van der Waals surface area contributed by atoms with Crippen LogP contribution in [0.2, 0.25) is 0 Å². The van der Waals surface area contributed by atoms with Gasteiger partial charge >= 0.3 is 0 Å². The molecule has 1 aliphatic heterocycles. The zero-order valence-corrected chi connectivity index (χ0v) is 14.9. The van der Waals surface area contributed by atoms with Crippen molar-refractivity contribution >= 4 is 21.6 Å². The molecule has 8 heteroatoms. The number of nitrogens with zero attached hydrogens (tertiary/aromatic N) is 1. The normalized spacial score (nSPS) is 15.1. The number of anilines is 1. The minimum atomic E-state index is -3.71. The van der Waals surface area contributed by atoms with Crippen molar-refractivity contribution in [3.63, 3.8) is 0 Å². The number of benzene rings is 1. The monoisotopic (exact) mass is 356 g/mol. The molecule has 1 heterocycles. The summed E-state index contributed by atoms with van der Waals surface area (Å²) in [5, 5.41) is 0. The molecule has 134 valence electrons. The van der Waals surface area contributed by atoms with Crippen LogP contribution < -0.4 is 14.4 Å². The Balaban J connectivity index is 2.18. The zero-order valence-electron chi connectivity index (χ0n) is 14.1. The Hall–Kier alpha value is -1.64. The maximum Gasteiger partial charge on any atom is 0.244 e. The predicted molar refractivity (Wildman–Crippen MR) is 90.9 cm³/mol. The molecule has 1 aromatic rings. The lowest BCUT2D eigenvalue weighted by Crippen LogP contribution is -2.27. The molecular weight excluding hydrogens is 332 g/mol. The molecule has 0 radical (unpaired) electrons. The summed E-state index contributed by atoms with van der Waals surface area (Å²) >= 11 is 0. The van der Waals surface area contributed by atoms with Gasteiger partial charge in [0.05, 0.1) is 7.11 Å². The van der Waals surface area contributed by atoms with E-state index in [0.717, 1.165) is 12.8 Å². The highest BCUT2D eigenvalue weighted by molar-refractivity contribution is 7.89. The van der Waals surface area contributed by atoms with Gasteiger partial charge in [-0.15, -0.1) is 0 Å². The lowest BCUT2D eigenvalue weighted by atomic mass is 10.3. The summed E-state index contributed by atoms with van der Waals surface area (Å²) in [6.07, 6.45) is 2.73. The largest absolute Gasteiger partial charge is 0.495 e. The number of sulfonamides is 1. The average molecular weight is 356 g/mol. The molecule has 1 fully saturated rings. The number of carbonyl (C=O) groups excluding carboxylic acids is 1. The number of rotatable bonds is 9. The van der Waals surface area contributed by atoms with Crippen LogP contribution in [0.4, 0.5) is 5.69 Å². The molecule has 1 aromatic carbocycles. The first kappa shape index (κ1) is 18.7. The van der Waals surface area contributed by atoms with Crippen molar-refractivity contribution in [1.29, 1.82) is 0 Å². The van der Waals surface area contributed by atoms with Crippen LogP contribution >= 0.6 is 0 Å². The van der Waals surface area contributed by atoms with Gasteiger partial charge in [0.1, 0.15) is 10.6 Å². The van der Waals surface area contributed by atoms with Crippen LogP contribution in [0.1, 0.15) is 25.7 Å². The fourth-order valence-corrected chi connectivity index (χ4v) is 3.88. The smallest absolute Gasteiger partial charge is 0.244 e. The average Bonchev–Trinajstić information content (AvgIpc) is 3.00. The second-order valence-electron chi connectivity index (χ2n) is 5.58. The third-order valence-electron chi connectivity index (χ3n) is 3.89. The standard InChI is InChI=1S/C16H24N2O5S/c1-22-11-4-3-9-17-24(20,21)15-12-13(7-8-14(15)23-2)18-10-5-6-16(18)19/h7-8,12,17H,3-6,9-11H2,1-2H3. The second-order valence-corrected chi connectivity index (χ2v) is 7.32. The first-order chi connectivity index (χ1) is 11.5. The highest BCUT2D eigenvalue weighted by Gasteiger charge is 2.25. The van der Waals surface area contributed by atoms with E-state index in [0.29, 0.717) is 38.2 Å². The molecule has 24 heavy (non-hydrogen) atoms. The molecule has 1 aliphatic rings. The second kappa shape index (κ2) is 8.46. The van der Waals surface area contributed by atoms with Crippen molar-refractivity contribution in [2.24, 2.45) is 0 Å². The number of ether oxygens (including phenoxy) is 2. The third kappa shape index (κ3) is 4.46. The lowest BCUT2D eigenvalue weighted by Gasteiger charge is -2.18. The van der Waals surface area contributed by atoms with E-state index >= 15 is 0 Å². The maximum absolute atomic E-state index is 12.6. The summed E-state index contributed by atoms with van der Waals surface area (Å²) in [4.78, 5) is 13.5. The van der Waals surface area contributed by atoms with E-state index in [4.69, 9.17) is 9.47 Å². The fraction of sp³-hybridized carbons (Fsp3) is 0.562. The van der Waals surface area contributed by atoms with Crippen LogP contribution in [-0.4, -0.2) is 48.2 Å². The third-order valence-corrected chi connectivity index (χ3v) is 5.37. The summed E-state index contributed by atoms with van der Waals surface area (Å²) in [6.45, 7) is 1.52. The summed E-state index contributed by atoms with van der Waals surface area (Å²) in [7, 11) is -0.678. The van der Waals surface area contributed by atoms with Crippen molar-refractivity contribution in [3.8, 4) is 5.75 Å². The quantitative estimate of drug-likeness (QED) is 0.678. The Bertz CT molecular complexity index is 675. The van der Waals surface area contributed by atoms with E-state index < -0.39 is 10.0 Å². The predicted octanol–water partition coefficient (Wildman–Crippen LogP) is 1.53. The number of amides is 1. The van der Waals surface area contributed by atoms with Gasteiger partial charge in [-0.3, -0.25) is 4.79 Å². The number of hydrogen-bond donors (Lipinski definition) is 1. The number of unbranched alkanes of at least 4 members (excludes halogenated alkanes) is 1. The van der Waals surface area contributed by atoms with E-state index in [9.17, 15) is 13.2 Å². The van der Waals surface area contributed by atoms with Crippen LogP contribution in [0.15, 0.2) is 23.1 Å². The van der Waals surface area contributed by atoms with Crippen molar-refractivity contribution in [3.05, 3.63) is 18.2 Å². The number of methoxy groups -OCH3 is 2. The van der Waals surface area contributed by atoms with Gasteiger partial charge in [0.2, 0.25) is 15.9 Å². The van der Waals surface area contributed by atoms with E-state index in [-0.39, 0.29) is 16.6 Å². The lowest BCUT2D eigenvalue weighted by molar-refractivity contribution is -0.117. The Morgan fingerprint density at radius 2 is 2.04 bits per heavy atom. The minimum absolute atomic E-state index is 0.0102. The van der Waals surface area contributed by atoms with E-state index in [1.165, 1.54) is 13.2 Å². The first-order valence-electron chi connectivity index (χ1n) is 7.96. The van der Waals surface area contributed by atoms with Crippen molar-refractivity contribution in [2.75, 3.05) is 38.8 Å².